The van der Waals surface area contributed by atoms with E-state index in [2.05, 4.69) is 24.0 Å². The highest BCUT2D eigenvalue weighted by Gasteiger charge is 2.28. The molecule has 0 aromatic carbocycles. The number of nitrogens with zero attached hydrogens (tertiary/aromatic N) is 2. The summed E-state index contributed by atoms with van der Waals surface area (Å²) in [6, 6.07) is 4.49. The van der Waals surface area contributed by atoms with Gasteiger partial charge in [0.2, 0.25) is 5.91 Å². The lowest BCUT2D eigenvalue weighted by Crippen LogP contribution is -2.50. The van der Waals surface area contributed by atoms with Gasteiger partial charge in [-0.25, -0.2) is 0 Å². The smallest absolute Gasteiger partial charge is 0.228 e. The molecular formula is C17H26N2O2S. The molecule has 1 amide bonds. The number of carbonyl (C=O) groups is 1. The molecule has 1 aromatic heterocycles. The molecular weight excluding hydrogens is 296 g/mol. The van der Waals surface area contributed by atoms with Crippen molar-refractivity contribution in [2.45, 2.75) is 32.7 Å². The maximum Gasteiger partial charge on any atom is 0.228 e. The van der Waals surface area contributed by atoms with Crippen molar-refractivity contribution in [1.29, 1.82) is 0 Å². The van der Waals surface area contributed by atoms with E-state index >= 15 is 0 Å². The molecule has 1 aromatic rings. The van der Waals surface area contributed by atoms with Gasteiger partial charge in [0.1, 0.15) is 0 Å². The molecule has 3 heterocycles. The SMILES string of the molecule is CCc1ccc(CN2CCN(C(=O)C3CCCOC3)CC2)s1. The summed E-state index contributed by atoms with van der Waals surface area (Å²) in [5.41, 5.74) is 0. The molecule has 0 radical (unpaired) electrons. The van der Waals surface area contributed by atoms with E-state index in [1.807, 2.05) is 16.2 Å². The van der Waals surface area contributed by atoms with Gasteiger partial charge in [0.05, 0.1) is 12.5 Å². The van der Waals surface area contributed by atoms with E-state index in [9.17, 15) is 4.79 Å². The van der Waals surface area contributed by atoms with Crippen molar-refractivity contribution in [3.63, 3.8) is 0 Å². The fourth-order valence-electron chi connectivity index (χ4n) is 3.24. The first-order chi connectivity index (χ1) is 10.8. The van der Waals surface area contributed by atoms with Gasteiger partial charge in [-0.2, -0.15) is 0 Å². The molecule has 1 unspecified atom stereocenters. The summed E-state index contributed by atoms with van der Waals surface area (Å²) in [6.45, 7) is 8.36. The van der Waals surface area contributed by atoms with E-state index in [-0.39, 0.29) is 5.92 Å². The van der Waals surface area contributed by atoms with Crippen LogP contribution in [0.3, 0.4) is 0 Å². The van der Waals surface area contributed by atoms with Gasteiger partial charge < -0.3 is 9.64 Å². The molecule has 2 fully saturated rings. The zero-order valence-corrected chi connectivity index (χ0v) is 14.2. The van der Waals surface area contributed by atoms with Crippen LogP contribution in [0.5, 0.6) is 0 Å². The highest BCUT2D eigenvalue weighted by atomic mass is 32.1. The molecule has 2 aliphatic rings. The Morgan fingerprint density at radius 3 is 2.68 bits per heavy atom. The van der Waals surface area contributed by atoms with Crippen LogP contribution < -0.4 is 0 Å². The van der Waals surface area contributed by atoms with Crippen molar-refractivity contribution in [3.05, 3.63) is 21.9 Å². The number of thiophene rings is 1. The summed E-state index contributed by atoms with van der Waals surface area (Å²) in [4.78, 5) is 19.9. The number of hydrogen-bond donors (Lipinski definition) is 0. The molecule has 2 aliphatic heterocycles. The van der Waals surface area contributed by atoms with Crippen LogP contribution in [-0.2, 0) is 22.5 Å². The second-order valence-corrected chi connectivity index (χ2v) is 7.49. The summed E-state index contributed by atoms with van der Waals surface area (Å²) in [5.74, 6) is 0.411. The molecule has 22 heavy (non-hydrogen) atoms. The molecule has 122 valence electrons. The van der Waals surface area contributed by atoms with Crippen molar-refractivity contribution < 1.29 is 9.53 Å². The Morgan fingerprint density at radius 2 is 2.05 bits per heavy atom. The number of rotatable bonds is 4. The summed E-state index contributed by atoms with van der Waals surface area (Å²) in [5, 5.41) is 0. The Balaban J connectivity index is 1.46. The first-order valence-corrected chi connectivity index (χ1v) is 9.24. The lowest BCUT2D eigenvalue weighted by Gasteiger charge is -2.36. The van der Waals surface area contributed by atoms with Crippen molar-refractivity contribution in [2.75, 3.05) is 39.4 Å². The number of amides is 1. The quantitative estimate of drug-likeness (QED) is 0.853. The van der Waals surface area contributed by atoms with Crippen molar-refractivity contribution >= 4 is 17.2 Å². The number of carbonyl (C=O) groups excluding carboxylic acids is 1. The normalized spacial score (nSPS) is 23.7. The fourth-order valence-corrected chi connectivity index (χ4v) is 4.24. The molecule has 3 rings (SSSR count). The van der Waals surface area contributed by atoms with E-state index in [0.29, 0.717) is 12.5 Å². The molecule has 1 atom stereocenters. The standard InChI is InChI=1S/C17H26N2O2S/c1-2-15-5-6-16(22-15)12-18-7-9-19(10-8-18)17(20)14-4-3-11-21-13-14/h5-6,14H,2-4,7-13H2,1H3. The van der Waals surface area contributed by atoms with Gasteiger partial charge in [0.15, 0.2) is 0 Å². The second kappa shape index (κ2) is 7.57. The highest BCUT2D eigenvalue weighted by molar-refractivity contribution is 7.11. The molecule has 0 spiro atoms. The minimum absolute atomic E-state index is 0.102. The highest BCUT2D eigenvalue weighted by Crippen LogP contribution is 2.21. The predicted molar refractivity (Wildman–Crippen MR) is 89.1 cm³/mol. The van der Waals surface area contributed by atoms with Gasteiger partial charge in [0, 0.05) is 49.1 Å². The van der Waals surface area contributed by atoms with Crippen LogP contribution in [0.4, 0.5) is 0 Å². The first-order valence-electron chi connectivity index (χ1n) is 8.42. The Morgan fingerprint density at radius 1 is 1.27 bits per heavy atom. The summed E-state index contributed by atoms with van der Waals surface area (Å²) < 4.78 is 5.45. The Kier molecular flexibility index (Phi) is 5.50. The van der Waals surface area contributed by atoms with E-state index in [1.165, 1.54) is 9.75 Å². The van der Waals surface area contributed by atoms with E-state index in [1.54, 1.807) is 0 Å². The maximum atomic E-state index is 12.5. The Hall–Kier alpha value is -0.910. The van der Waals surface area contributed by atoms with Crippen LogP contribution in [0, 0.1) is 5.92 Å². The van der Waals surface area contributed by atoms with Crippen molar-refractivity contribution in [1.82, 2.24) is 9.80 Å². The van der Waals surface area contributed by atoms with Crippen LogP contribution in [0.25, 0.3) is 0 Å². The lowest BCUT2D eigenvalue weighted by atomic mass is 10.0. The van der Waals surface area contributed by atoms with Gasteiger partial charge >= 0.3 is 0 Å². The second-order valence-electron chi connectivity index (χ2n) is 6.24. The third kappa shape index (κ3) is 3.89. The monoisotopic (exact) mass is 322 g/mol. The Labute approximate surface area is 137 Å². The van der Waals surface area contributed by atoms with Crippen molar-refractivity contribution in [2.24, 2.45) is 5.92 Å². The average molecular weight is 322 g/mol. The van der Waals surface area contributed by atoms with E-state index < -0.39 is 0 Å². The molecule has 0 N–H and O–H groups in total. The molecule has 0 saturated carbocycles. The first kappa shape index (κ1) is 16.0. The van der Waals surface area contributed by atoms with Crippen LogP contribution in [-0.4, -0.2) is 55.1 Å². The van der Waals surface area contributed by atoms with E-state index in [0.717, 1.165) is 58.6 Å². The van der Waals surface area contributed by atoms with Gasteiger partial charge in [-0.1, -0.05) is 6.92 Å². The van der Waals surface area contributed by atoms with Gasteiger partial charge in [-0.3, -0.25) is 9.69 Å². The summed E-state index contributed by atoms with van der Waals surface area (Å²) in [7, 11) is 0. The number of piperazine rings is 1. The van der Waals surface area contributed by atoms with Gasteiger partial charge in [-0.15, -0.1) is 11.3 Å². The van der Waals surface area contributed by atoms with Crippen LogP contribution in [0.15, 0.2) is 12.1 Å². The zero-order valence-electron chi connectivity index (χ0n) is 13.4. The zero-order chi connectivity index (χ0) is 15.4. The molecule has 4 nitrogen and oxygen atoms in total. The average Bonchev–Trinajstić information content (AvgIpc) is 3.03. The van der Waals surface area contributed by atoms with Crippen molar-refractivity contribution in [3.8, 4) is 0 Å². The third-order valence-electron chi connectivity index (χ3n) is 4.64. The number of ether oxygens (including phenoxy) is 1. The molecule has 2 saturated heterocycles. The molecule has 0 bridgehead atoms. The van der Waals surface area contributed by atoms with Crippen LogP contribution in [0.1, 0.15) is 29.5 Å². The number of hydrogen-bond acceptors (Lipinski definition) is 4. The van der Waals surface area contributed by atoms with Gasteiger partial charge in [0.25, 0.3) is 0 Å². The minimum atomic E-state index is 0.102. The van der Waals surface area contributed by atoms with Crippen LogP contribution in [0.2, 0.25) is 0 Å². The Bertz CT molecular complexity index is 489. The maximum absolute atomic E-state index is 12.5. The summed E-state index contributed by atoms with van der Waals surface area (Å²) >= 11 is 1.92. The predicted octanol–water partition coefficient (Wildman–Crippen LogP) is 2.38. The lowest BCUT2D eigenvalue weighted by molar-refractivity contribution is -0.141. The van der Waals surface area contributed by atoms with E-state index in [4.69, 9.17) is 4.74 Å². The van der Waals surface area contributed by atoms with Crippen LogP contribution >= 0.6 is 11.3 Å². The fraction of sp³-hybridized carbons (Fsp3) is 0.706. The number of aryl methyl sites for hydroxylation is 1. The van der Waals surface area contributed by atoms with Gasteiger partial charge in [-0.05, 0) is 31.4 Å². The largest absolute Gasteiger partial charge is 0.381 e. The third-order valence-corrected chi connectivity index (χ3v) is 5.85. The topological polar surface area (TPSA) is 32.8 Å². The molecule has 5 heteroatoms. The summed E-state index contributed by atoms with van der Waals surface area (Å²) in [6.07, 6.45) is 3.14. The minimum Gasteiger partial charge on any atom is -0.381 e. The molecule has 0 aliphatic carbocycles.